The number of aromatic nitrogens is 1. The lowest BCUT2D eigenvalue weighted by molar-refractivity contribution is 0.155. The standard InChI is InChI=1S/C13H20N2O3S2/c16-5-4-15(11-3-6-20(17,18)9-11)8-12-7-14-13(19-12)10-1-2-10/h7,10-11,16H,1-6,8-9H2. The highest BCUT2D eigenvalue weighted by molar-refractivity contribution is 7.91. The lowest BCUT2D eigenvalue weighted by Crippen LogP contribution is -2.37. The Morgan fingerprint density at radius 2 is 2.20 bits per heavy atom. The van der Waals surface area contributed by atoms with Gasteiger partial charge in [0.2, 0.25) is 0 Å². The summed E-state index contributed by atoms with van der Waals surface area (Å²) in [6, 6.07) is 0.0404. The third-order valence-electron chi connectivity index (χ3n) is 3.97. The molecule has 1 saturated carbocycles. The van der Waals surface area contributed by atoms with E-state index in [0.29, 0.717) is 25.4 Å². The van der Waals surface area contributed by atoms with Gasteiger partial charge in [-0.05, 0) is 19.3 Å². The molecule has 1 N–H and O–H groups in total. The molecule has 20 heavy (non-hydrogen) atoms. The molecule has 0 amide bonds. The van der Waals surface area contributed by atoms with E-state index < -0.39 is 9.84 Å². The van der Waals surface area contributed by atoms with Crippen LogP contribution in [0.4, 0.5) is 0 Å². The average molecular weight is 316 g/mol. The van der Waals surface area contributed by atoms with E-state index >= 15 is 0 Å². The van der Waals surface area contributed by atoms with Crippen molar-refractivity contribution < 1.29 is 13.5 Å². The smallest absolute Gasteiger partial charge is 0.151 e. The van der Waals surface area contributed by atoms with Crippen LogP contribution in [-0.4, -0.2) is 54.1 Å². The van der Waals surface area contributed by atoms with Crippen molar-refractivity contribution in [3.05, 3.63) is 16.1 Å². The molecule has 3 rings (SSSR count). The van der Waals surface area contributed by atoms with Crippen LogP contribution >= 0.6 is 11.3 Å². The summed E-state index contributed by atoms with van der Waals surface area (Å²) < 4.78 is 23.2. The van der Waals surface area contributed by atoms with Crippen LogP contribution in [-0.2, 0) is 16.4 Å². The van der Waals surface area contributed by atoms with Crippen molar-refractivity contribution >= 4 is 21.2 Å². The zero-order valence-electron chi connectivity index (χ0n) is 11.4. The molecule has 2 aliphatic rings. The summed E-state index contributed by atoms with van der Waals surface area (Å²) in [5.41, 5.74) is 0. The van der Waals surface area contributed by atoms with Gasteiger partial charge >= 0.3 is 0 Å². The Morgan fingerprint density at radius 3 is 2.80 bits per heavy atom. The summed E-state index contributed by atoms with van der Waals surface area (Å²) in [7, 11) is -2.88. The van der Waals surface area contributed by atoms with Crippen LogP contribution in [0.25, 0.3) is 0 Å². The van der Waals surface area contributed by atoms with Gasteiger partial charge in [-0.3, -0.25) is 4.90 Å². The normalized spacial score (nSPS) is 25.4. The molecule has 1 unspecified atom stereocenters. The number of hydrogen-bond acceptors (Lipinski definition) is 6. The zero-order valence-corrected chi connectivity index (χ0v) is 13.0. The highest BCUT2D eigenvalue weighted by atomic mass is 32.2. The second-order valence-corrected chi connectivity index (χ2v) is 9.07. The second-order valence-electron chi connectivity index (χ2n) is 5.69. The van der Waals surface area contributed by atoms with Gasteiger partial charge in [0.1, 0.15) is 0 Å². The van der Waals surface area contributed by atoms with E-state index in [-0.39, 0.29) is 24.2 Å². The van der Waals surface area contributed by atoms with E-state index in [0.717, 1.165) is 0 Å². The predicted molar refractivity (Wildman–Crippen MR) is 78.6 cm³/mol. The summed E-state index contributed by atoms with van der Waals surface area (Å²) in [5.74, 6) is 1.16. The SMILES string of the molecule is O=S1(=O)CCC(N(CCO)Cc2cnc(C3CC3)s2)C1. The van der Waals surface area contributed by atoms with Gasteiger partial charge in [0, 0.05) is 36.1 Å². The Kier molecular flexibility index (Phi) is 4.12. The summed E-state index contributed by atoms with van der Waals surface area (Å²) in [4.78, 5) is 7.72. The Bertz CT molecular complexity index is 566. The fourth-order valence-electron chi connectivity index (χ4n) is 2.70. The number of aliphatic hydroxyl groups excluding tert-OH is 1. The number of rotatable bonds is 6. The average Bonchev–Trinajstić information content (AvgIpc) is 3.04. The fourth-order valence-corrected chi connectivity index (χ4v) is 5.57. The molecule has 1 atom stereocenters. The van der Waals surface area contributed by atoms with Crippen molar-refractivity contribution in [3.63, 3.8) is 0 Å². The van der Waals surface area contributed by atoms with Gasteiger partial charge in [0.25, 0.3) is 0 Å². The molecule has 1 aromatic heterocycles. The minimum atomic E-state index is -2.88. The van der Waals surface area contributed by atoms with Crippen LogP contribution < -0.4 is 0 Å². The Hall–Kier alpha value is -0.500. The maximum Gasteiger partial charge on any atom is 0.151 e. The number of nitrogens with zero attached hydrogens (tertiary/aromatic N) is 2. The molecule has 1 saturated heterocycles. The Labute approximate surface area is 123 Å². The molecule has 0 radical (unpaired) electrons. The molecule has 112 valence electrons. The van der Waals surface area contributed by atoms with Gasteiger partial charge in [0.05, 0.1) is 23.1 Å². The van der Waals surface area contributed by atoms with Crippen LogP contribution in [0.1, 0.15) is 35.1 Å². The lowest BCUT2D eigenvalue weighted by Gasteiger charge is -2.26. The molecule has 1 aliphatic carbocycles. The number of sulfone groups is 1. The van der Waals surface area contributed by atoms with Gasteiger partial charge in [-0.2, -0.15) is 0 Å². The summed E-state index contributed by atoms with van der Waals surface area (Å²) in [6.07, 6.45) is 5.07. The molecular formula is C13H20N2O3S2. The maximum absolute atomic E-state index is 11.6. The molecule has 2 heterocycles. The summed E-state index contributed by atoms with van der Waals surface area (Å²) >= 11 is 1.73. The maximum atomic E-state index is 11.6. The molecule has 1 aromatic rings. The summed E-state index contributed by atoms with van der Waals surface area (Å²) in [5, 5.41) is 10.4. The van der Waals surface area contributed by atoms with Crippen molar-refractivity contribution in [2.24, 2.45) is 0 Å². The molecule has 0 spiro atoms. The van der Waals surface area contributed by atoms with Crippen LogP contribution in [0.15, 0.2) is 6.20 Å². The van der Waals surface area contributed by atoms with Gasteiger partial charge in [-0.15, -0.1) is 11.3 Å². The van der Waals surface area contributed by atoms with Crippen molar-refractivity contribution in [2.75, 3.05) is 24.7 Å². The first kappa shape index (κ1) is 14.4. The minimum absolute atomic E-state index is 0.0404. The van der Waals surface area contributed by atoms with E-state index in [1.807, 2.05) is 6.20 Å². The van der Waals surface area contributed by atoms with E-state index in [9.17, 15) is 13.5 Å². The van der Waals surface area contributed by atoms with Crippen LogP contribution in [0.5, 0.6) is 0 Å². The number of thiazole rings is 1. The molecule has 2 fully saturated rings. The monoisotopic (exact) mass is 316 g/mol. The van der Waals surface area contributed by atoms with Crippen molar-refractivity contribution in [1.82, 2.24) is 9.88 Å². The van der Waals surface area contributed by atoms with E-state index in [4.69, 9.17) is 0 Å². The molecular weight excluding hydrogens is 296 g/mol. The van der Waals surface area contributed by atoms with Crippen LogP contribution in [0, 0.1) is 0 Å². The first-order valence-electron chi connectivity index (χ1n) is 7.07. The highest BCUT2D eigenvalue weighted by Gasteiger charge is 2.32. The van der Waals surface area contributed by atoms with E-state index in [1.165, 1.54) is 22.7 Å². The van der Waals surface area contributed by atoms with E-state index in [2.05, 4.69) is 9.88 Å². The number of aliphatic hydroxyl groups is 1. The zero-order chi connectivity index (χ0) is 14.2. The topological polar surface area (TPSA) is 70.5 Å². The molecule has 0 aromatic carbocycles. The third-order valence-corrected chi connectivity index (χ3v) is 6.86. The van der Waals surface area contributed by atoms with E-state index in [1.54, 1.807) is 11.3 Å². The molecule has 7 heteroatoms. The first-order valence-corrected chi connectivity index (χ1v) is 9.71. The first-order chi connectivity index (χ1) is 9.57. The van der Waals surface area contributed by atoms with Crippen molar-refractivity contribution in [1.29, 1.82) is 0 Å². The predicted octanol–water partition coefficient (Wildman–Crippen LogP) is 1.00. The molecule has 5 nitrogen and oxygen atoms in total. The Balaban J connectivity index is 1.66. The summed E-state index contributed by atoms with van der Waals surface area (Å²) in [6.45, 7) is 1.28. The van der Waals surface area contributed by atoms with Gasteiger partial charge in [-0.1, -0.05) is 0 Å². The van der Waals surface area contributed by atoms with Crippen LogP contribution in [0.2, 0.25) is 0 Å². The number of hydrogen-bond donors (Lipinski definition) is 1. The third kappa shape index (κ3) is 3.39. The quantitative estimate of drug-likeness (QED) is 0.848. The largest absolute Gasteiger partial charge is 0.395 e. The van der Waals surface area contributed by atoms with Crippen molar-refractivity contribution in [2.45, 2.75) is 37.8 Å². The van der Waals surface area contributed by atoms with Crippen molar-refractivity contribution in [3.8, 4) is 0 Å². The highest BCUT2D eigenvalue weighted by Crippen LogP contribution is 2.42. The van der Waals surface area contributed by atoms with Gasteiger partial charge in [-0.25, -0.2) is 13.4 Å². The lowest BCUT2D eigenvalue weighted by atomic mass is 10.2. The minimum Gasteiger partial charge on any atom is -0.395 e. The fraction of sp³-hybridized carbons (Fsp3) is 0.769. The van der Waals surface area contributed by atoms with Crippen LogP contribution in [0.3, 0.4) is 0 Å². The molecule has 0 bridgehead atoms. The molecule has 1 aliphatic heterocycles. The van der Waals surface area contributed by atoms with Gasteiger partial charge in [0.15, 0.2) is 9.84 Å². The Morgan fingerprint density at radius 1 is 1.40 bits per heavy atom. The second kappa shape index (κ2) is 5.71. The van der Waals surface area contributed by atoms with Gasteiger partial charge < -0.3 is 5.11 Å².